The molecule has 0 aliphatic heterocycles. The first-order chi connectivity index (χ1) is 2.41. The highest BCUT2D eigenvalue weighted by Gasteiger charge is 1.13. The van der Waals surface area contributed by atoms with Gasteiger partial charge in [0.1, 0.15) is 0 Å². The van der Waals surface area contributed by atoms with Gasteiger partial charge in [0.25, 0.3) is 0 Å². The zero-order chi connectivity index (χ0) is 4.71. The molecule has 0 amide bonds. The number of hydrogen-bond acceptors (Lipinski definition) is 2. The molecule has 166 valence electrons. The molecule has 2 nitrogen and oxygen atoms in total. The second-order valence-corrected chi connectivity index (χ2v) is 0.0833. The fourth-order valence-corrected chi connectivity index (χ4v) is 0. The van der Waals surface area contributed by atoms with Crippen molar-refractivity contribution in [2.45, 2.75) is 126 Å². The van der Waals surface area contributed by atoms with Crippen LogP contribution in [0.1, 0.15) is 126 Å². The van der Waals surface area contributed by atoms with Crippen LogP contribution in [0.5, 0.6) is 0 Å². The Morgan fingerprint density at radius 2 is 0.318 bits per heavy atom. The third-order valence-corrected chi connectivity index (χ3v) is 0. The molecule has 2 unspecified atom stereocenters. The molecule has 0 fully saturated rings. The molecule has 0 saturated carbocycles. The van der Waals surface area contributed by atoms with Crippen LogP contribution >= 0.6 is 17.9 Å². The molecule has 22 heavy (non-hydrogen) atoms. The molecule has 0 aromatic heterocycles. The first kappa shape index (κ1) is 956. The van der Waals surface area contributed by atoms with E-state index in [9.17, 15) is 0 Å². The van der Waals surface area contributed by atoms with Crippen molar-refractivity contribution in [2.24, 2.45) is 0 Å². The molecule has 0 bridgehead atoms. The van der Waals surface area contributed by atoms with Crippen molar-refractivity contribution >= 4 is 24.0 Å². The fourth-order valence-electron chi connectivity index (χ4n) is 0. The van der Waals surface area contributed by atoms with E-state index in [0.717, 1.165) is 0 Å². The maximum Gasteiger partial charge on any atom is 0.373 e. The van der Waals surface area contributed by atoms with Crippen LogP contribution in [0.4, 0.5) is 0 Å². The van der Waals surface area contributed by atoms with E-state index in [1.807, 2.05) is 0 Å². The summed E-state index contributed by atoms with van der Waals surface area (Å²) in [6.07, 6.45) is 0.250. The molecule has 0 aliphatic carbocycles. The van der Waals surface area contributed by atoms with Gasteiger partial charge in [-0.05, 0) is 0 Å². The van der Waals surface area contributed by atoms with Gasteiger partial charge >= 0.3 is 6.15 Å². The van der Waals surface area contributed by atoms with Gasteiger partial charge in [-0.25, -0.2) is 0 Å². The normalized spacial score (nSPS) is 0.636. The molecular formula is C18H72O2P2. The highest BCUT2D eigenvalue weighted by atomic mass is 32.0. The summed E-state index contributed by atoms with van der Waals surface area (Å²) in [6, 6.07) is 0. The van der Waals surface area contributed by atoms with E-state index in [4.69, 9.17) is 9.59 Å². The summed E-state index contributed by atoms with van der Waals surface area (Å²) in [6.45, 7) is 0. The van der Waals surface area contributed by atoms with E-state index in [-0.39, 0.29) is 132 Å². The first-order valence-corrected chi connectivity index (χ1v) is 3.41. The van der Waals surface area contributed by atoms with Gasteiger partial charge in [-0.15, -0.1) is 17.9 Å². The lowest BCUT2D eigenvalue weighted by Gasteiger charge is -1.12. The van der Waals surface area contributed by atoms with Gasteiger partial charge in [0.15, 0.2) is 0 Å². The molecule has 0 aromatic rings. The van der Waals surface area contributed by atoms with Crippen molar-refractivity contribution in [1.29, 1.82) is 0 Å². The quantitative estimate of drug-likeness (QED) is 0.390. The molecule has 0 N–H and O–H groups in total. The average molecular weight is 383 g/mol. The zero-order valence-electron chi connectivity index (χ0n) is 2.47. The minimum Gasteiger partial charge on any atom is -0.186 e. The SMILES string of the molecule is C.C.C.C.C.C.C.C.C.C.C.C.C.C.C.C.C.O=C=O.PP. The Bertz CT molecular complexity index is 40.1. The average Bonchev–Trinajstić information content (AvgIpc) is 1.46. The Morgan fingerprint density at radius 1 is 0.318 bits per heavy atom. The molecule has 0 aliphatic rings. The van der Waals surface area contributed by atoms with Crippen LogP contribution in [0.25, 0.3) is 0 Å². The molecule has 0 rings (SSSR count). The van der Waals surface area contributed by atoms with Crippen molar-refractivity contribution in [3.8, 4) is 0 Å². The fraction of sp³-hybridized carbons (Fsp3) is 0.944. The van der Waals surface area contributed by atoms with Gasteiger partial charge in [-0.3, -0.25) is 0 Å². The van der Waals surface area contributed by atoms with Crippen molar-refractivity contribution < 1.29 is 9.59 Å². The Balaban J connectivity index is -0.000000000274. The van der Waals surface area contributed by atoms with E-state index in [0.29, 0.717) is 0 Å². The maximum atomic E-state index is 8.12. The van der Waals surface area contributed by atoms with Crippen molar-refractivity contribution in [2.75, 3.05) is 0 Å². The second-order valence-electron chi connectivity index (χ2n) is 0.0833. The minimum absolute atomic E-state index is 0. The van der Waals surface area contributed by atoms with Crippen LogP contribution in [0, 0.1) is 0 Å². The third-order valence-electron chi connectivity index (χ3n) is 0. The number of hydrogen-bond donors (Lipinski definition) is 0. The summed E-state index contributed by atoms with van der Waals surface area (Å²) in [4.78, 5) is 16.2. The smallest absolute Gasteiger partial charge is 0.186 e. The van der Waals surface area contributed by atoms with Gasteiger partial charge in [-0.1, -0.05) is 126 Å². The molecule has 0 heterocycles. The van der Waals surface area contributed by atoms with Gasteiger partial charge in [0.2, 0.25) is 0 Å². The minimum atomic E-state index is 0. The lowest BCUT2D eigenvalue weighted by molar-refractivity contribution is -0.191. The summed E-state index contributed by atoms with van der Waals surface area (Å²) < 4.78 is 0. The largest absolute Gasteiger partial charge is 0.373 e. The Labute approximate surface area is 160 Å². The van der Waals surface area contributed by atoms with Crippen LogP contribution < -0.4 is 0 Å². The van der Waals surface area contributed by atoms with Gasteiger partial charge in [0.05, 0.1) is 0 Å². The lowest BCUT2D eigenvalue weighted by Crippen LogP contribution is -1.22. The lowest BCUT2D eigenvalue weighted by atomic mass is 11.8. The molecule has 0 aromatic carbocycles. The molecular weight excluding hydrogens is 310 g/mol. The Hall–Kier alpha value is 0.240. The summed E-state index contributed by atoms with van der Waals surface area (Å²) >= 11 is 0. The summed E-state index contributed by atoms with van der Waals surface area (Å²) in [5.41, 5.74) is 0. The monoisotopic (exact) mass is 383 g/mol. The number of carbonyl (C=O) groups excluding carboxylic acids is 2. The van der Waals surface area contributed by atoms with E-state index < -0.39 is 0 Å². The van der Waals surface area contributed by atoms with Gasteiger partial charge < -0.3 is 0 Å². The van der Waals surface area contributed by atoms with Crippen molar-refractivity contribution in [1.82, 2.24) is 0 Å². The van der Waals surface area contributed by atoms with Crippen LogP contribution in [-0.4, -0.2) is 6.15 Å². The van der Waals surface area contributed by atoms with E-state index in [1.165, 1.54) is 0 Å². The predicted octanol–water partition coefficient (Wildman–Crippen LogP) is 10.9. The van der Waals surface area contributed by atoms with E-state index in [1.54, 1.807) is 0 Å². The van der Waals surface area contributed by atoms with E-state index >= 15 is 0 Å². The highest BCUT2D eigenvalue weighted by molar-refractivity contribution is 7.92. The predicted molar refractivity (Wildman–Crippen MR) is 139 cm³/mol. The maximum absolute atomic E-state index is 8.12. The Morgan fingerprint density at radius 3 is 0.318 bits per heavy atom. The van der Waals surface area contributed by atoms with E-state index in [2.05, 4.69) is 17.9 Å². The zero-order valence-corrected chi connectivity index (χ0v) is 4.78. The topological polar surface area (TPSA) is 34.1 Å². The molecule has 0 saturated heterocycles. The van der Waals surface area contributed by atoms with Crippen LogP contribution in [0.15, 0.2) is 0 Å². The standard InChI is InChI=1S/CO2.17CH4.H4P2/c2-1-3;;;;;;;;;;;;;;;;;;1-2/h;17*1H4;1-2H2. The van der Waals surface area contributed by atoms with Gasteiger partial charge in [0, 0.05) is 0 Å². The summed E-state index contributed by atoms with van der Waals surface area (Å²) in [7, 11) is 4.67. The Kier molecular flexibility index (Phi) is 246000. The van der Waals surface area contributed by atoms with Crippen LogP contribution in [-0.2, 0) is 9.59 Å². The first-order valence-electron chi connectivity index (χ1n) is 0.742. The molecule has 0 spiro atoms. The third kappa shape index (κ3) is 130000. The van der Waals surface area contributed by atoms with Crippen molar-refractivity contribution in [3.63, 3.8) is 0 Å². The second kappa shape index (κ2) is 5660. The molecule has 0 radical (unpaired) electrons. The van der Waals surface area contributed by atoms with Crippen molar-refractivity contribution in [3.05, 3.63) is 0 Å². The van der Waals surface area contributed by atoms with Crippen LogP contribution in [0.2, 0.25) is 0 Å². The summed E-state index contributed by atoms with van der Waals surface area (Å²) in [5, 5.41) is 0. The number of rotatable bonds is 0. The summed E-state index contributed by atoms with van der Waals surface area (Å²) in [5.74, 6) is 0. The highest BCUT2D eigenvalue weighted by Crippen LogP contribution is 1.86. The molecule has 2 atom stereocenters. The molecule has 4 heteroatoms. The van der Waals surface area contributed by atoms with Gasteiger partial charge in [-0.2, -0.15) is 9.59 Å². The van der Waals surface area contributed by atoms with Crippen LogP contribution in [0.3, 0.4) is 0 Å².